The lowest BCUT2D eigenvalue weighted by Crippen LogP contribution is -2.27. The fraction of sp³-hybridized carbons (Fsp3) is 0.105. The van der Waals surface area contributed by atoms with Crippen molar-refractivity contribution in [2.75, 3.05) is 7.05 Å². The van der Waals surface area contributed by atoms with Gasteiger partial charge < -0.3 is 13.8 Å². The Hall–Kier alpha value is -3.41. The summed E-state index contributed by atoms with van der Waals surface area (Å²) in [5.74, 6) is 0.527. The van der Waals surface area contributed by atoms with Crippen molar-refractivity contribution in [2.24, 2.45) is 0 Å². The van der Waals surface area contributed by atoms with E-state index in [1.54, 1.807) is 18.1 Å². The van der Waals surface area contributed by atoms with Crippen LogP contribution in [0.25, 0.3) is 16.9 Å². The van der Waals surface area contributed by atoms with E-state index < -0.39 is 0 Å². The molecule has 4 heterocycles. The van der Waals surface area contributed by atoms with Crippen molar-refractivity contribution in [1.82, 2.24) is 19.4 Å². The van der Waals surface area contributed by atoms with Gasteiger partial charge in [0.2, 0.25) is 0 Å². The molecule has 6 heteroatoms. The number of carbonyl (C=O) groups is 1. The highest BCUT2D eigenvalue weighted by Gasteiger charge is 2.18. The number of carbonyl (C=O) groups excluding carboxylic acids is 1. The van der Waals surface area contributed by atoms with Crippen molar-refractivity contribution in [3.8, 4) is 11.4 Å². The van der Waals surface area contributed by atoms with Crippen molar-refractivity contribution in [2.45, 2.75) is 6.54 Å². The third-order valence-corrected chi connectivity index (χ3v) is 4.01. The van der Waals surface area contributed by atoms with E-state index in [0.29, 0.717) is 23.7 Å². The zero-order valence-corrected chi connectivity index (χ0v) is 13.7. The minimum absolute atomic E-state index is 0.0815. The van der Waals surface area contributed by atoms with Gasteiger partial charge in [0.05, 0.1) is 12.2 Å². The summed E-state index contributed by atoms with van der Waals surface area (Å²) in [6.45, 7) is 0.332. The predicted octanol–water partition coefficient (Wildman–Crippen LogP) is 3.26. The standard InChI is InChI=1S/C19H16N4O2/c1-22(19(24)18-9-8-14-6-3-5-11-23(14)18)13-15-12-17(21-25-15)16-7-2-4-10-20-16/h2-12H,13H2,1H3. The molecule has 0 unspecified atom stereocenters. The van der Waals surface area contributed by atoms with E-state index in [1.807, 2.05) is 65.2 Å². The van der Waals surface area contributed by atoms with Gasteiger partial charge in [0.25, 0.3) is 5.91 Å². The van der Waals surface area contributed by atoms with Crippen LogP contribution < -0.4 is 0 Å². The number of nitrogens with zero attached hydrogens (tertiary/aromatic N) is 4. The second kappa shape index (κ2) is 6.24. The van der Waals surface area contributed by atoms with Crippen molar-refractivity contribution >= 4 is 11.4 Å². The van der Waals surface area contributed by atoms with E-state index in [4.69, 9.17) is 4.52 Å². The lowest BCUT2D eigenvalue weighted by Gasteiger charge is -2.15. The molecule has 0 aliphatic carbocycles. The van der Waals surface area contributed by atoms with Gasteiger partial charge in [-0.25, -0.2) is 0 Å². The van der Waals surface area contributed by atoms with Gasteiger partial charge in [-0.1, -0.05) is 17.3 Å². The first-order chi connectivity index (χ1) is 12.2. The van der Waals surface area contributed by atoms with Crippen LogP contribution in [0.4, 0.5) is 0 Å². The topological polar surface area (TPSA) is 63.6 Å². The third-order valence-electron chi connectivity index (χ3n) is 4.01. The second-order valence-electron chi connectivity index (χ2n) is 5.77. The van der Waals surface area contributed by atoms with Gasteiger partial charge in [-0.3, -0.25) is 9.78 Å². The van der Waals surface area contributed by atoms with Gasteiger partial charge in [-0.15, -0.1) is 0 Å². The highest BCUT2D eigenvalue weighted by atomic mass is 16.5. The number of pyridine rings is 2. The molecule has 0 spiro atoms. The van der Waals surface area contributed by atoms with Crippen LogP contribution in [0.2, 0.25) is 0 Å². The Bertz CT molecular complexity index is 1020. The Morgan fingerprint density at radius 3 is 2.84 bits per heavy atom. The number of aromatic nitrogens is 3. The maximum atomic E-state index is 12.7. The molecule has 0 N–H and O–H groups in total. The summed E-state index contributed by atoms with van der Waals surface area (Å²) in [6, 6.07) is 17.0. The van der Waals surface area contributed by atoms with Crippen LogP contribution in [0.5, 0.6) is 0 Å². The number of hydrogen-bond donors (Lipinski definition) is 0. The van der Waals surface area contributed by atoms with E-state index in [1.165, 1.54) is 0 Å². The van der Waals surface area contributed by atoms with E-state index in [2.05, 4.69) is 10.1 Å². The molecule has 6 nitrogen and oxygen atoms in total. The van der Waals surface area contributed by atoms with Crippen molar-refractivity contribution < 1.29 is 9.32 Å². The van der Waals surface area contributed by atoms with Gasteiger partial charge in [-0.05, 0) is 36.4 Å². The number of hydrogen-bond acceptors (Lipinski definition) is 4. The first kappa shape index (κ1) is 15.1. The van der Waals surface area contributed by atoms with Gasteiger partial charge >= 0.3 is 0 Å². The first-order valence-electron chi connectivity index (χ1n) is 7.91. The molecule has 25 heavy (non-hydrogen) atoms. The Balaban J connectivity index is 1.53. The average molecular weight is 332 g/mol. The minimum Gasteiger partial charge on any atom is -0.359 e. The van der Waals surface area contributed by atoms with Gasteiger partial charge in [0.15, 0.2) is 5.76 Å². The molecule has 0 radical (unpaired) electrons. The molecule has 4 aromatic heterocycles. The molecule has 0 bridgehead atoms. The monoisotopic (exact) mass is 332 g/mol. The highest BCUT2D eigenvalue weighted by Crippen LogP contribution is 2.18. The molecule has 0 fully saturated rings. The predicted molar refractivity (Wildman–Crippen MR) is 92.9 cm³/mol. The van der Waals surface area contributed by atoms with E-state index in [9.17, 15) is 4.79 Å². The minimum atomic E-state index is -0.0815. The molecule has 0 aliphatic rings. The summed E-state index contributed by atoms with van der Waals surface area (Å²) < 4.78 is 7.23. The van der Waals surface area contributed by atoms with Crippen LogP contribution in [0.15, 0.2) is 71.5 Å². The Kier molecular flexibility index (Phi) is 3.78. The van der Waals surface area contributed by atoms with Crippen LogP contribution in [0.1, 0.15) is 16.2 Å². The van der Waals surface area contributed by atoms with Gasteiger partial charge in [-0.2, -0.15) is 0 Å². The Labute approximate surface area is 144 Å². The molecule has 0 aromatic carbocycles. The summed E-state index contributed by atoms with van der Waals surface area (Å²) in [7, 11) is 1.74. The summed E-state index contributed by atoms with van der Waals surface area (Å²) in [5, 5.41) is 4.03. The first-order valence-corrected chi connectivity index (χ1v) is 7.91. The molecule has 0 atom stereocenters. The van der Waals surface area contributed by atoms with Crippen molar-refractivity contribution in [1.29, 1.82) is 0 Å². The lowest BCUT2D eigenvalue weighted by atomic mass is 10.2. The second-order valence-corrected chi connectivity index (χ2v) is 5.77. The van der Waals surface area contributed by atoms with Crippen LogP contribution in [-0.4, -0.2) is 32.4 Å². The fourth-order valence-corrected chi connectivity index (χ4v) is 2.75. The Morgan fingerprint density at radius 1 is 1.12 bits per heavy atom. The molecule has 4 aromatic rings. The molecule has 124 valence electrons. The number of rotatable bonds is 4. The zero-order valence-electron chi connectivity index (χ0n) is 13.7. The van der Waals surface area contributed by atoms with E-state index in [0.717, 1.165) is 11.2 Å². The number of amides is 1. The van der Waals surface area contributed by atoms with Crippen molar-refractivity contribution in [3.05, 3.63) is 78.4 Å². The van der Waals surface area contributed by atoms with Crippen molar-refractivity contribution in [3.63, 3.8) is 0 Å². The summed E-state index contributed by atoms with van der Waals surface area (Å²) >= 11 is 0. The average Bonchev–Trinajstić information content (AvgIpc) is 3.29. The molecule has 0 saturated carbocycles. The fourth-order valence-electron chi connectivity index (χ4n) is 2.75. The Morgan fingerprint density at radius 2 is 2.00 bits per heavy atom. The number of fused-ring (bicyclic) bond motifs is 1. The zero-order chi connectivity index (χ0) is 17.2. The van der Waals surface area contributed by atoms with Crippen LogP contribution in [0, 0.1) is 0 Å². The molecule has 0 saturated heterocycles. The molecular weight excluding hydrogens is 316 g/mol. The molecular formula is C19H16N4O2. The summed E-state index contributed by atoms with van der Waals surface area (Å²) in [5.41, 5.74) is 2.99. The summed E-state index contributed by atoms with van der Waals surface area (Å²) in [4.78, 5) is 18.6. The van der Waals surface area contributed by atoms with Crippen LogP contribution in [-0.2, 0) is 6.54 Å². The van der Waals surface area contributed by atoms with Crippen LogP contribution >= 0.6 is 0 Å². The largest absolute Gasteiger partial charge is 0.359 e. The lowest BCUT2D eigenvalue weighted by molar-refractivity contribution is 0.0765. The molecule has 1 amide bonds. The maximum Gasteiger partial charge on any atom is 0.270 e. The third kappa shape index (κ3) is 2.89. The molecule has 4 rings (SSSR count). The quantitative estimate of drug-likeness (QED) is 0.575. The SMILES string of the molecule is CN(Cc1cc(-c2ccccn2)no1)C(=O)c1ccc2ccccn12. The molecule has 0 aliphatic heterocycles. The maximum absolute atomic E-state index is 12.7. The van der Waals surface area contributed by atoms with Crippen LogP contribution in [0.3, 0.4) is 0 Å². The van der Waals surface area contributed by atoms with Gasteiger partial charge in [0.1, 0.15) is 11.4 Å². The highest BCUT2D eigenvalue weighted by molar-refractivity contribution is 5.93. The smallest absolute Gasteiger partial charge is 0.270 e. The summed E-state index contributed by atoms with van der Waals surface area (Å²) in [6.07, 6.45) is 3.58. The van der Waals surface area contributed by atoms with E-state index in [-0.39, 0.29) is 5.91 Å². The normalized spacial score (nSPS) is 10.9. The van der Waals surface area contributed by atoms with E-state index >= 15 is 0 Å². The van der Waals surface area contributed by atoms with Gasteiger partial charge in [0, 0.05) is 31.0 Å².